The lowest BCUT2D eigenvalue weighted by Crippen LogP contribution is -2.20. The van der Waals surface area contributed by atoms with Gasteiger partial charge in [0.15, 0.2) is 0 Å². The Hall–Kier alpha value is -1.08. The lowest BCUT2D eigenvalue weighted by Gasteiger charge is -2.19. The zero-order valence-electron chi connectivity index (χ0n) is 10.8. The molecule has 0 atom stereocenters. The molecule has 0 saturated heterocycles. The number of hydrogen-bond donors (Lipinski definition) is 0. The zero-order valence-corrected chi connectivity index (χ0v) is 10.8. The SMILES string of the molecule is C=C(C)c1ccc(CCOC(C)(C)C)cc1. The molecule has 0 aliphatic carbocycles. The molecule has 0 radical (unpaired) electrons. The van der Waals surface area contributed by atoms with Crippen molar-refractivity contribution in [3.63, 3.8) is 0 Å². The number of benzene rings is 1. The van der Waals surface area contributed by atoms with Crippen molar-refractivity contribution < 1.29 is 4.74 Å². The van der Waals surface area contributed by atoms with Crippen LogP contribution in [0.5, 0.6) is 0 Å². The molecule has 0 aliphatic rings. The molecule has 1 aromatic carbocycles. The monoisotopic (exact) mass is 218 g/mol. The van der Waals surface area contributed by atoms with Gasteiger partial charge in [-0.25, -0.2) is 0 Å². The highest BCUT2D eigenvalue weighted by Crippen LogP contribution is 2.13. The van der Waals surface area contributed by atoms with Crippen LogP contribution in [0.4, 0.5) is 0 Å². The highest BCUT2D eigenvalue weighted by Gasteiger charge is 2.09. The molecule has 0 aromatic heterocycles. The number of ether oxygens (including phenoxy) is 1. The Morgan fingerprint density at radius 2 is 1.75 bits per heavy atom. The van der Waals surface area contributed by atoms with Gasteiger partial charge in [0.25, 0.3) is 0 Å². The van der Waals surface area contributed by atoms with Gasteiger partial charge in [-0.1, -0.05) is 36.4 Å². The Bertz CT molecular complexity index is 341. The smallest absolute Gasteiger partial charge is 0.0598 e. The van der Waals surface area contributed by atoms with E-state index in [0.29, 0.717) is 0 Å². The molecule has 0 heterocycles. The van der Waals surface area contributed by atoms with Gasteiger partial charge < -0.3 is 4.74 Å². The van der Waals surface area contributed by atoms with E-state index in [1.54, 1.807) is 0 Å². The second-order valence-electron chi connectivity index (χ2n) is 5.19. The van der Waals surface area contributed by atoms with Crippen LogP contribution in [0.2, 0.25) is 0 Å². The minimum atomic E-state index is -0.0440. The van der Waals surface area contributed by atoms with Crippen LogP contribution in [0.1, 0.15) is 38.8 Å². The van der Waals surface area contributed by atoms with Crippen LogP contribution in [-0.4, -0.2) is 12.2 Å². The summed E-state index contributed by atoms with van der Waals surface area (Å²) in [6.45, 7) is 13.0. The third kappa shape index (κ3) is 4.63. The lowest BCUT2D eigenvalue weighted by molar-refractivity contribution is -0.000976. The van der Waals surface area contributed by atoms with E-state index in [0.717, 1.165) is 18.6 Å². The Morgan fingerprint density at radius 3 is 2.19 bits per heavy atom. The molecule has 0 amide bonds. The van der Waals surface area contributed by atoms with Crippen LogP contribution >= 0.6 is 0 Å². The highest BCUT2D eigenvalue weighted by atomic mass is 16.5. The zero-order chi connectivity index (χ0) is 12.2. The molecule has 1 nitrogen and oxygen atoms in total. The van der Waals surface area contributed by atoms with E-state index in [1.807, 2.05) is 6.92 Å². The average Bonchev–Trinajstić information content (AvgIpc) is 2.16. The van der Waals surface area contributed by atoms with Gasteiger partial charge in [0, 0.05) is 0 Å². The third-order valence-corrected chi connectivity index (χ3v) is 2.37. The van der Waals surface area contributed by atoms with E-state index in [1.165, 1.54) is 11.1 Å². The van der Waals surface area contributed by atoms with Crippen molar-refractivity contribution in [1.82, 2.24) is 0 Å². The Morgan fingerprint density at radius 1 is 1.19 bits per heavy atom. The molecule has 88 valence electrons. The summed E-state index contributed by atoms with van der Waals surface area (Å²) >= 11 is 0. The van der Waals surface area contributed by atoms with Crippen molar-refractivity contribution in [2.75, 3.05) is 6.61 Å². The first-order valence-electron chi connectivity index (χ1n) is 5.77. The van der Waals surface area contributed by atoms with E-state index in [4.69, 9.17) is 4.74 Å². The Kier molecular flexibility index (Phi) is 4.31. The van der Waals surface area contributed by atoms with E-state index in [-0.39, 0.29) is 5.60 Å². The molecule has 1 aromatic rings. The van der Waals surface area contributed by atoms with Gasteiger partial charge >= 0.3 is 0 Å². The third-order valence-electron chi connectivity index (χ3n) is 2.37. The predicted molar refractivity (Wildman–Crippen MR) is 70.6 cm³/mol. The van der Waals surface area contributed by atoms with Crippen LogP contribution in [0.15, 0.2) is 30.8 Å². The van der Waals surface area contributed by atoms with Gasteiger partial charge in [0.1, 0.15) is 0 Å². The summed E-state index contributed by atoms with van der Waals surface area (Å²) in [6.07, 6.45) is 0.966. The maximum absolute atomic E-state index is 5.69. The topological polar surface area (TPSA) is 9.23 Å². The van der Waals surface area contributed by atoms with Crippen molar-refractivity contribution in [1.29, 1.82) is 0 Å². The standard InChI is InChI=1S/C15H22O/c1-12(2)14-8-6-13(7-9-14)10-11-16-15(3,4)5/h6-9H,1,10-11H2,2-5H3. The number of allylic oxidation sites excluding steroid dienone is 1. The van der Waals surface area contributed by atoms with Crippen molar-refractivity contribution in [2.45, 2.75) is 39.7 Å². The maximum Gasteiger partial charge on any atom is 0.0598 e. The molecule has 0 saturated carbocycles. The average molecular weight is 218 g/mol. The van der Waals surface area contributed by atoms with E-state index in [9.17, 15) is 0 Å². The summed E-state index contributed by atoms with van der Waals surface area (Å²) in [6, 6.07) is 8.54. The Balaban J connectivity index is 2.47. The van der Waals surface area contributed by atoms with Crippen LogP contribution in [0.25, 0.3) is 5.57 Å². The molecule has 0 fully saturated rings. The van der Waals surface area contributed by atoms with Gasteiger partial charge in [-0.2, -0.15) is 0 Å². The second-order valence-corrected chi connectivity index (χ2v) is 5.19. The van der Waals surface area contributed by atoms with Gasteiger partial charge in [0.2, 0.25) is 0 Å². The molecule has 0 spiro atoms. The summed E-state index contributed by atoms with van der Waals surface area (Å²) in [4.78, 5) is 0. The summed E-state index contributed by atoms with van der Waals surface area (Å²) in [7, 11) is 0. The van der Waals surface area contributed by atoms with Crippen molar-refractivity contribution in [2.24, 2.45) is 0 Å². The fourth-order valence-electron chi connectivity index (χ4n) is 1.43. The lowest BCUT2D eigenvalue weighted by atomic mass is 10.1. The van der Waals surface area contributed by atoms with Crippen LogP contribution in [0.3, 0.4) is 0 Å². The Labute approximate surface area is 99.1 Å². The summed E-state index contributed by atoms with van der Waals surface area (Å²) in [5.74, 6) is 0. The maximum atomic E-state index is 5.69. The fraction of sp³-hybridized carbons (Fsp3) is 0.467. The van der Waals surface area contributed by atoms with E-state index < -0.39 is 0 Å². The van der Waals surface area contributed by atoms with Gasteiger partial charge in [-0.05, 0) is 45.2 Å². The normalized spacial score (nSPS) is 11.5. The molecule has 0 N–H and O–H groups in total. The quantitative estimate of drug-likeness (QED) is 0.740. The molecule has 0 unspecified atom stereocenters. The van der Waals surface area contributed by atoms with Gasteiger partial charge in [-0.15, -0.1) is 0 Å². The van der Waals surface area contributed by atoms with Crippen LogP contribution in [-0.2, 0) is 11.2 Å². The number of rotatable bonds is 4. The fourth-order valence-corrected chi connectivity index (χ4v) is 1.43. The highest BCUT2D eigenvalue weighted by molar-refractivity contribution is 5.61. The first-order chi connectivity index (χ1) is 7.38. The molecule has 1 rings (SSSR count). The van der Waals surface area contributed by atoms with Crippen LogP contribution in [0, 0.1) is 0 Å². The van der Waals surface area contributed by atoms with Crippen molar-refractivity contribution in [3.8, 4) is 0 Å². The number of hydrogen-bond acceptors (Lipinski definition) is 1. The van der Waals surface area contributed by atoms with Crippen LogP contribution < -0.4 is 0 Å². The van der Waals surface area contributed by atoms with Gasteiger partial charge in [0.05, 0.1) is 12.2 Å². The molecule has 0 aliphatic heterocycles. The molecular formula is C15H22O. The summed E-state index contributed by atoms with van der Waals surface area (Å²) in [5.41, 5.74) is 3.59. The van der Waals surface area contributed by atoms with Crippen molar-refractivity contribution in [3.05, 3.63) is 42.0 Å². The summed E-state index contributed by atoms with van der Waals surface area (Å²) in [5, 5.41) is 0. The first kappa shape index (κ1) is 13.0. The molecule has 16 heavy (non-hydrogen) atoms. The molecular weight excluding hydrogens is 196 g/mol. The second kappa shape index (κ2) is 5.31. The summed E-state index contributed by atoms with van der Waals surface area (Å²) < 4.78 is 5.69. The molecule has 0 bridgehead atoms. The minimum Gasteiger partial charge on any atom is -0.376 e. The predicted octanol–water partition coefficient (Wildman–Crippen LogP) is 4.08. The first-order valence-corrected chi connectivity index (χ1v) is 5.77. The minimum absolute atomic E-state index is 0.0440. The largest absolute Gasteiger partial charge is 0.376 e. The van der Waals surface area contributed by atoms with E-state index >= 15 is 0 Å². The molecule has 1 heteroatoms. The van der Waals surface area contributed by atoms with Crippen molar-refractivity contribution >= 4 is 5.57 Å². The van der Waals surface area contributed by atoms with E-state index in [2.05, 4.69) is 51.6 Å². The van der Waals surface area contributed by atoms with Gasteiger partial charge in [-0.3, -0.25) is 0 Å².